The molecule has 0 saturated carbocycles. The van der Waals surface area contributed by atoms with Crippen molar-refractivity contribution in [2.24, 2.45) is 0 Å². The van der Waals surface area contributed by atoms with Gasteiger partial charge in [-0.1, -0.05) is 73.5 Å². The Labute approximate surface area is 238 Å². The molecule has 1 unspecified atom stereocenters. The van der Waals surface area contributed by atoms with E-state index in [9.17, 15) is 18.0 Å². The van der Waals surface area contributed by atoms with Gasteiger partial charge in [0.2, 0.25) is 11.8 Å². The van der Waals surface area contributed by atoms with Gasteiger partial charge in [-0.2, -0.15) is 0 Å². The molecule has 9 heteroatoms. The quantitative estimate of drug-likeness (QED) is 0.280. The van der Waals surface area contributed by atoms with Gasteiger partial charge in [0.25, 0.3) is 10.0 Å². The lowest BCUT2D eigenvalue weighted by Gasteiger charge is -2.32. The third kappa shape index (κ3) is 7.85. The van der Waals surface area contributed by atoms with Crippen molar-refractivity contribution in [3.05, 3.63) is 90.0 Å². The van der Waals surface area contributed by atoms with E-state index in [0.29, 0.717) is 18.9 Å². The van der Waals surface area contributed by atoms with Crippen molar-refractivity contribution < 1.29 is 22.7 Å². The van der Waals surface area contributed by atoms with Crippen molar-refractivity contribution in [2.45, 2.75) is 58.0 Å². The van der Waals surface area contributed by atoms with Crippen molar-refractivity contribution in [3.8, 4) is 5.75 Å². The molecule has 0 bridgehead atoms. The second kappa shape index (κ2) is 14.5. The Kier molecular flexibility index (Phi) is 11.1. The number of carbonyl (C=O) groups excluding carboxylic acids is 2. The number of nitrogens with one attached hydrogen (secondary N) is 1. The van der Waals surface area contributed by atoms with E-state index in [1.54, 1.807) is 50.2 Å². The molecular formula is C31H39N3O5S. The van der Waals surface area contributed by atoms with Gasteiger partial charge in [0, 0.05) is 13.1 Å². The van der Waals surface area contributed by atoms with Gasteiger partial charge in [0.1, 0.15) is 18.3 Å². The zero-order valence-electron chi connectivity index (χ0n) is 23.7. The van der Waals surface area contributed by atoms with Gasteiger partial charge < -0.3 is 15.0 Å². The highest BCUT2D eigenvalue weighted by atomic mass is 32.2. The summed E-state index contributed by atoms with van der Waals surface area (Å²) in [4.78, 5) is 28.5. The van der Waals surface area contributed by atoms with E-state index in [1.807, 2.05) is 44.2 Å². The van der Waals surface area contributed by atoms with Crippen LogP contribution in [-0.2, 0) is 26.2 Å². The Morgan fingerprint density at radius 3 is 2.23 bits per heavy atom. The van der Waals surface area contributed by atoms with Gasteiger partial charge >= 0.3 is 0 Å². The molecule has 8 nitrogen and oxygen atoms in total. The van der Waals surface area contributed by atoms with Gasteiger partial charge in [0.15, 0.2) is 0 Å². The smallest absolute Gasteiger partial charge is 0.264 e. The summed E-state index contributed by atoms with van der Waals surface area (Å²) < 4.78 is 34.9. The zero-order chi connectivity index (χ0) is 29.1. The summed E-state index contributed by atoms with van der Waals surface area (Å²) in [6.45, 7) is 7.82. The maximum Gasteiger partial charge on any atom is 0.264 e. The number of hydrogen-bond acceptors (Lipinski definition) is 5. The van der Waals surface area contributed by atoms with Crippen LogP contribution in [0.25, 0.3) is 0 Å². The molecule has 0 spiro atoms. The van der Waals surface area contributed by atoms with E-state index in [4.69, 9.17) is 4.74 Å². The van der Waals surface area contributed by atoms with Gasteiger partial charge in [0.05, 0.1) is 17.2 Å². The average molecular weight is 566 g/mol. The lowest BCUT2D eigenvalue weighted by molar-refractivity contribution is -0.139. The van der Waals surface area contributed by atoms with E-state index in [1.165, 1.54) is 17.0 Å². The van der Waals surface area contributed by atoms with Crippen molar-refractivity contribution in [3.63, 3.8) is 0 Å². The summed E-state index contributed by atoms with van der Waals surface area (Å²) in [6, 6.07) is 21.7. The van der Waals surface area contributed by atoms with Crippen LogP contribution >= 0.6 is 0 Å². The van der Waals surface area contributed by atoms with E-state index in [0.717, 1.165) is 28.3 Å². The Bertz CT molecular complexity index is 1360. The van der Waals surface area contributed by atoms with Crippen LogP contribution in [0.5, 0.6) is 5.75 Å². The Balaban J connectivity index is 2.04. The van der Waals surface area contributed by atoms with Crippen LogP contribution in [0.3, 0.4) is 0 Å². The fourth-order valence-corrected chi connectivity index (χ4v) is 5.62. The SMILES string of the molecule is CCCCNC(=O)C(C)N(Cc1ccccc1)C(=O)CN(c1ccccc1OCC)S(=O)(=O)c1ccc(C)cc1. The van der Waals surface area contributed by atoms with Crippen molar-refractivity contribution in [2.75, 3.05) is 24.0 Å². The van der Waals surface area contributed by atoms with Crippen molar-refractivity contribution >= 4 is 27.5 Å². The summed E-state index contributed by atoms with van der Waals surface area (Å²) in [6.07, 6.45) is 1.74. The van der Waals surface area contributed by atoms with Gasteiger partial charge in [-0.3, -0.25) is 13.9 Å². The molecule has 214 valence electrons. The number of amides is 2. The minimum absolute atomic E-state index is 0.0529. The molecule has 40 heavy (non-hydrogen) atoms. The minimum Gasteiger partial charge on any atom is -0.492 e. The first-order chi connectivity index (χ1) is 19.2. The van der Waals surface area contributed by atoms with Crippen molar-refractivity contribution in [1.29, 1.82) is 0 Å². The minimum atomic E-state index is -4.17. The second-order valence-electron chi connectivity index (χ2n) is 9.55. The number of ether oxygens (including phenoxy) is 1. The Morgan fingerprint density at radius 1 is 0.925 bits per heavy atom. The topological polar surface area (TPSA) is 96.0 Å². The molecule has 2 amide bonds. The summed E-state index contributed by atoms with van der Waals surface area (Å²) in [5, 5.41) is 2.89. The Morgan fingerprint density at radius 2 is 1.57 bits per heavy atom. The highest BCUT2D eigenvalue weighted by Gasteiger charge is 2.33. The summed E-state index contributed by atoms with van der Waals surface area (Å²) >= 11 is 0. The van der Waals surface area contributed by atoms with Crippen molar-refractivity contribution in [1.82, 2.24) is 10.2 Å². The summed E-state index contributed by atoms with van der Waals surface area (Å²) in [5.74, 6) is -0.460. The predicted molar refractivity (Wildman–Crippen MR) is 158 cm³/mol. The summed E-state index contributed by atoms with van der Waals surface area (Å²) in [7, 11) is -4.17. The molecule has 3 aromatic carbocycles. The van der Waals surface area contributed by atoms with E-state index in [-0.39, 0.29) is 23.0 Å². The number of para-hydroxylation sites is 2. The molecule has 0 aliphatic rings. The van der Waals surface area contributed by atoms with Gasteiger partial charge in [-0.15, -0.1) is 0 Å². The van der Waals surface area contributed by atoms with Crippen LogP contribution < -0.4 is 14.4 Å². The first-order valence-corrected chi connectivity index (χ1v) is 15.0. The van der Waals surface area contributed by atoms with E-state index >= 15 is 0 Å². The molecule has 0 fully saturated rings. The lowest BCUT2D eigenvalue weighted by Crippen LogP contribution is -2.51. The maximum absolute atomic E-state index is 14.0. The molecule has 0 radical (unpaired) electrons. The van der Waals surface area contributed by atoms with Gasteiger partial charge in [-0.25, -0.2) is 8.42 Å². The standard InChI is InChI=1S/C31H39N3O5S/c1-5-7-21-32-31(36)25(4)33(22-26-13-9-8-10-14-26)30(35)23-34(28-15-11-12-16-29(28)39-6-2)40(37,38)27-19-17-24(3)18-20-27/h8-20,25H,5-7,21-23H2,1-4H3,(H,32,36). The van der Waals surface area contributed by atoms with E-state index < -0.39 is 28.5 Å². The maximum atomic E-state index is 14.0. The number of anilines is 1. The highest BCUT2D eigenvalue weighted by Crippen LogP contribution is 2.33. The molecule has 0 aromatic heterocycles. The number of aryl methyl sites for hydroxylation is 1. The van der Waals surface area contributed by atoms with Crippen LogP contribution in [0, 0.1) is 6.92 Å². The first kappa shape index (κ1) is 30.7. The lowest BCUT2D eigenvalue weighted by atomic mass is 10.1. The van der Waals surface area contributed by atoms with Crippen LogP contribution in [0.15, 0.2) is 83.8 Å². The third-order valence-electron chi connectivity index (χ3n) is 6.51. The fourth-order valence-electron chi connectivity index (χ4n) is 4.19. The predicted octanol–water partition coefficient (Wildman–Crippen LogP) is 4.92. The molecule has 1 atom stereocenters. The molecule has 1 N–H and O–H groups in total. The summed E-state index contributed by atoms with van der Waals surface area (Å²) in [5.41, 5.74) is 1.98. The number of nitrogens with zero attached hydrogens (tertiary/aromatic N) is 2. The monoisotopic (exact) mass is 565 g/mol. The largest absolute Gasteiger partial charge is 0.492 e. The molecule has 3 rings (SSSR count). The fraction of sp³-hybridized carbons (Fsp3) is 0.355. The number of hydrogen-bond donors (Lipinski definition) is 1. The molecular weight excluding hydrogens is 526 g/mol. The van der Waals surface area contributed by atoms with Crippen LogP contribution in [0.2, 0.25) is 0 Å². The first-order valence-electron chi connectivity index (χ1n) is 13.6. The molecule has 0 heterocycles. The van der Waals surface area contributed by atoms with E-state index in [2.05, 4.69) is 5.32 Å². The van der Waals surface area contributed by atoms with Crippen LogP contribution in [-0.4, -0.2) is 50.9 Å². The molecule has 0 aliphatic carbocycles. The number of unbranched alkanes of at least 4 members (excludes halogenated alkanes) is 1. The average Bonchev–Trinajstić information content (AvgIpc) is 2.95. The normalized spacial score (nSPS) is 11.9. The van der Waals surface area contributed by atoms with Gasteiger partial charge in [-0.05, 0) is 57.0 Å². The molecule has 3 aromatic rings. The Hall–Kier alpha value is -3.85. The highest BCUT2D eigenvalue weighted by molar-refractivity contribution is 7.92. The molecule has 0 saturated heterocycles. The van der Waals surface area contributed by atoms with Crippen LogP contribution in [0.1, 0.15) is 44.7 Å². The zero-order valence-corrected chi connectivity index (χ0v) is 24.5. The molecule has 0 aliphatic heterocycles. The number of rotatable bonds is 14. The second-order valence-corrected chi connectivity index (χ2v) is 11.4. The number of benzene rings is 3. The number of carbonyl (C=O) groups is 2. The van der Waals surface area contributed by atoms with Crippen LogP contribution in [0.4, 0.5) is 5.69 Å². The number of sulfonamides is 1. The third-order valence-corrected chi connectivity index (χ3v) is 8.29.